The average Bonchev–Trinajstić information content (AvgIpc) is 2.48. The lowest BCUT2D eigenvalue weighted by atomic mass is 10.1. The second kappa shape index (κ2) is 6.41. The number of fused-ring (bicyclic) bond motifs is 1. The Morgan fingerprint density at radius 1 is 1.25 bits per heavy atom. The molecule has 2 aromatic rings. The fourth-order valence-corrected chi connectivity index (χ4v) is 3.39. The summed E-state index contributed by atoms with van der Waals surface area (Å²) in [5, 5.41) is 0.928. The molecule has 0 bridgehead atoms. The van der Waals surface area contributed by atoms with Gasteiger partial charge >= 0.3 is 0 Å². The van der Waals surface area contributed by atoms with Crippen LogP contribution in [0.5, 0.6) is 0 Å². The number of para-hydroxylation sites is 1. The van der Waals surface area contributed by atoms with E-state index in [9.17, 15) is 0 Å². The Labute approximate surface area is 123 Å². The lowest BCUT2D eigenvalue weighted by Gasteiger charge is -2.21. The number of hydrogen-bond donors (Lipinski definition) is 1. The maximum absolute atomic E-state index is 5.99. The fourth-order valence-electron chi connectivity index (χ4n) is 2.44. The fraction of sp³-hybridized carbons (Fsp3) is 0.467. The van der Waals surface area contributed by atoms with Crippen LogP contribution in [0, 0.1) is 0 Å². The van der Waals surface area contributed by atoms with E-state index in [1.54, 1.807) is 0 Å². The normalized spacial score (nSPS) is 19.3. The van der Waals surface area contributed by atoms with Crippen molar-refractivity contribution in [3.05, 3.63) is 30.1 Å². The third kappa shape index (κ3) is 3.22. The summed E-state index contributed by atoms with van der Waals surface area (Å²) < 4.78 is 5.72. The molecule has 4 nitrogen and oxygen atoms in total. The maximum Gasteiger partial charge on any atom is 0.141 e. The van der Waals surface area contributed by atoms with Crippen molar-refractivity contribution in [2.24, 2.45) is 0 Å². The monoisotopic (exact) mass is 289 g/mol. The maximum atomic E-state index is 5.99. The van der Waals surface area contributed by atoms with Crippen molar-refractivity contribution in [3.63, 3.8) is 0 Å². The Bertz CT molecular complexity index is 584. The molecule has 0 spiro atoms. The van der Waals surface area contributed by atoms with Gasteiger partial charge in [-0.05, 0) is 31.4 Å². The van der Waals surface area contributed by atoms with Gasteiger partial charge in [0.05, 0.1) is 17.4 Å². The number of anilines is 1. The molecule has 1 aromatic carbocycles. The lowest BCUT2D eigenvalue weighted by molar-refractivity contribution is 0.0315. The van der Waals surface area contributed by atoms with Crippen LogP contribution >= 0.6 is 11.8 Å². The van der Waals surface area contributed by atoms with Crippen molar-refractivity contribution in [2.45, 2.75) is 31.1 Å². The van der Waals surface area contributed by atoms with Gasteiger partial charge in [0.15, 0.2) is 0 Å². The predicted octanol–water partition coefficient (Wildman–Crippen LogP) is 3.01. The molecule has 5 heteroatoms. The Hall–Kier alpha value is -1.33. The van der Waals surface area contributed by atoms with Gasteiger partial charge in [0.1, 0.15) is 11.6 Å². The molecule has 1 fully saturated rings. The van der Waals surface area contributed by atoms with Crippen molar-refractivity contribution >= 4 is 28.5 Å². The van der Waals surface area contributed by atoms with Gasteiger partial charge in [-0.25, -0.2) is 9.97 Å². The Morgan fingerprint density at radius 3 is 3.00 bits per heavy atom. The van der Waals surface area contributed by atoms with Crippen LogP contribution in [0.4, 0.5) is 5.82 Å². The number of nitrogens with two attached hydrogens (primary N) is 1. The van der Waals surface area contributed by atoms with E-state index < -0.39 is 0 Å². The molecule has 1 saturated heterocycles. The summed E-state index contributed by atoms with van der Waals surface area (Å²) in [5.74, 6) is 3.17. The van der Waals surface area contributed by atoms with Gasteiger partial charge in [0.2, 0.25) is 0 Å². The van der Waals surface area contributed by atoms with Crippen molar-refractivity contribution < 1.29 is 4.74 Å². The van der Waals surface area contributed by atoms with Gasteiger partial charge in [-0.2, -0.15) is 11.8 Å². The summed E-state index contributed by atoms with van der Waals surface area (Å²) in [6, 6.07) is 7.86. The van der Waals surface area contributed by atoms with E-state index in [0.29, 0.717) is 11.9 Å². The summed E-state index contributed by atoms with van der Waals surface area (Å²) in [6.07, 6.45) is 4.05. The average molecular weight is 289 g/mol. The standard InChI is InChI=1S/C15H19N3OS/c16-15-12-6-1-2-7-13(12)17-14(18-15)10-20-9-11-5-3-4-8-19-11/h1-2,6-7,11H,3-5,8-10H2,(H2,16,17,18). The first-order chi connectivity index (χ1) is 9.83. The molecule has 1 atom stereocenters. The molecule has 2 heterocycles. The minimum Gasteiger partial charge on any atom is -0.383 e. The molecule has 0 aliphatic carbocycles. The van der Waals surface area contributed by atoms with Crippen molar-refractivity contribution in [1.29, 1.82) is 0 Å². The number of aromatic nitrogens is 2. The number of ether oxygens (including phenoxy) is 1. The zero-order valence-corrected chi connectivity index (χ0v) is 12.2. The van der Waals surface area contributed by atoms with Crippen LogP contribution in [0.25, 0.3) is 10.9 Å². The third-order valence-corrected chi connectivity index (χ3v) is 4.56. The largest absolute Gasteiger partial charge is 0.383 e. The zero-order chi connectivity index (χ0) is 13.8. The van der Waals surface area contributed by atoms with E-state index in [1.807, 2.05) is 36.0 Å². The molecule has 0 saturated carbocycles. The van der Waals surface area contributed by atoms with E-state index in [0.717, 1.165) is 34.8 Å². The number of thioether (sulfide) groups is 1. The molecule has 0 radical (unpaired) electrons. The highest BCUT2D eigenvalue weighted by molar-refractivity contribution is 7.98. The number of benzene rings is 1. The van der Waals surface area contributed by atoms with Crippen LogP contribution in [0.2, 0.25) is 0 Å². The van der Waals surface area contributed by atoms with Crippen LogP contribution in [0.3, 0.4) is 0 Å². The second-order valence-electron chi connectivity index (χ2n) is 5.05. The van der Waals surface area contributed by atoms with E-state index >= 15 is 0 Å². The highest BCUT2D eigenvalue weighted by Gasteiger charge is 2.14. The molecular weight excluding hydrogens is 270 g/mol. The van der Waals surface area contributed by atoms with Crippen LogP contribution in [-0.2, 0) is 10.5 Å². The topological polar surface area (TPSA) is 61.0 Å². The molecule has 20 heavy (non-hydrogen) atoms. The van der Waals surface area contributed by atoms with Gasteiger partial charge in [0, 0.05) is 17.7 Å². The Balaban J connectivity index is 1.62. The molecular formula is C15H19N3OS. The molecule has 106 valence electrons. The van der Waals surface area contributed by atoms with Crippen molar-refractivity contribution in [2.75, 3.05) is 18.1 Å². The highest BCUT2D eigenvalue weighted by Crippen LogP contribution is 2.22. The number of rotatable bonds is 4. The summed E-state index contributed by atoms with van der Waals surface area (Å²) in [7, 11) is 0. The van der Waals surface area contributed by atoms with E-state index in [-0.39, 0.29) is 0 Å². The van der Waals surface area contributed by atoms with Gasteiger partial charge in [-0.3, -0.25) is 0 Å². The van der Waals surface area contributed by atoms with Gasteiger partial charge in [-0.15, -0.1) is 0 Å². The van der Waals surface area contributed by atoms with Crippen LogP contribution in [-0.4, -0.2) is 28.4 Å². The number of nitrogen functional groups attached to an aromatic ring is 1. The zero-order valence-electron chi connectivity index (χ0n) is 11.4. The number of hydrogen-bond acceptors (Lipinski definition) is 5. The van der Waals surface area contributed by atoms with E-state index in [2.05, 4.69) is 9.97 Å². The van der Waals surface area contributed by atoms with Crippen molar-refractivity contribution in [1.82, 2.24) is 9.97 Å². The van der Waals surface area contributed by atoms with Crippen molar-refractivity contribution in [3.8, 4) is 0 Å². The summed E-state index contributed by atoms with van der Waals surface area (Å²) >= 11 is 1.82. The van der Waals surface area contributed by atoms with E-state index in [4.69, 9.17) is 10.5 Å². The first kappa shape index (κ1) is 13.6. The molecule has 1 aromatic heterocycles. The summed E-state index contributed by atoms with van der Waals surface area (Å²) in [6.45, 7) is 0.907. The summed E-state index contributed by atoms with van der Waals surface area (Å²) in [4.78, 5) is 8.95. The van der Waals surface area contributed by atoms with Gasteiger partial charge in [0.25, 0.3) is 0 Å². The molecule has 3 rings (SSSR count). The lowest BCUT2D eigenvalue weighted by Crippen LogP contribution is -2.21. The SMILES string of the molecule is Nc1nc(CSCC2CCCCO2)nc2ccccc12. The van der Waals surface area contributed by atoms with Crippen LogP contribution < -0.4 is 5.73 Å². The first-order valence-electron chi connectivity index (χ1n) is 7.03. The minimum absolute atomic E-state index is 0.395. The quantitative estimate of drug-likeness (QED) is 0.937. The van der Waals surface area contributed by atoms with Crippen LogP contribution in [0.15, 0.2) is 24.3 Å². The van der Waals surface area contributed by atoms with Crippen LogP contribution in [0.1, 0.15) is 25.1 Å². The first-order valence-corrected chi connectivity index (χ1v) is 8.19. The van der Waals surface area contributed by atoms with E-state index in [1.165, 1.54) is 19.3 Å². The molecule has 0 amide bonds. The molecule has 1 aliphatic heterocycles. The second-order valence-corrected chi connectivity index (χ2v) is 6.08. The Morgan fingerprint density at radius 2 is 2.15 bits per heavy atom. The molecule has 2 N–H and O–H groups in total. The Kier molecular flexibility index (Phi) is 4.38. The summed E-state index contributed by atoms with van der Waals surface area (Å²) in [5.41, 5.74) is 6.91. The minimum atomic E-state index is 0.395. The van der Waals surface area contributed by atoms with Gasteiger partial charge < -0.3 is 10.5 Å². The number of nitrogens with zero attached hydrogens (tertiary/aromatic N) is 2. The molecule has 1 unspecified atom stereocenters. The highest BCUT2D eigenvalue weighted by atomic mass is 32.2. The smallest absolute Gasteiger partial charge is 0.141 e. The predicted molar refractivity (Wildman–Crippen MR) is 83.7 cm³/mol. The third-order valence-electron chi connectivity index (χ3n) is 3.49. The molecule has 1 aliphatic rings. The van der Waals surface area contributed by atoms with Gasteiger partial charge in [-0.1, -0.05) is 12.1 Å².